The Morgan fingerprint density at radius 1 is 1.11 bits per heavy atom. The van der Waals surface area contributed by atoms with E-state index in [1.807, 2.05) is 30.3 Å². The van der Waals surface area contributed by atoms with Gasteiger partial charge < -0.3 is 4.52 Å². The fraction of sp³-hybridized carbons (Fsp3) is 0.381. The monoisotopic (exact) mass is 380 g/mol. The van der Waals surface area contributed by atoms with Gasteiger partial charge in [-0.25, -0.2) is 0 Å². The maximum atomic E-state index is 6.11. The van der Waals surface area contributed by atoms with Crippen LogP contribution in [0.25, 0.3) is 11.5 Å². The molecule has 138 valence electrons. The first-order valence-corrected chi connectivity index (χ1v) is 9.81. The molecule has 2 bridgehead atoms. The van der Waals surface area contributed by atoms with Crippen LogP contribution >= 0.6 is 11.6 Å². The smallest absolute Gasteiger partial charge is 0.232 e. The van der Waals surface area contributed by atoms with Crippen LogP contribution in [0.5, 0.6) is 0 Å². The molecule has 6 heteroatoms. The lowest BCUT2D eigenvalue weighted by molar-refractivity contribution is 0.120. The summed E-state index contributed by atoms with van der Waals surface area (Å²) in [6.45, 7) is 0. The number of fused-ring (bicyclic) bond motifs is 2. The van der Waals surface area contributed by atoms with Gasteiger partial charge in [-0.2, -0.15) is 4.98 Å². The van der Waals surface area contributed by atoms with Gasteiger partial charge in [0.25, 0.3) is 0 Å². The number of halogens is 1. The van der Waals surface area contributed by atoms with Crippen LogP contribution in [0.3, 0.4) is 0 Å². The van der Waals surface area contributed by atoms with Crippen molar-refractivity contribution < 1.29 is 4.52 Å². The third kappa shape index (κ3) is 2.95. The first kappa shape index (κ1) is 16.9. The molecular formula is C21H21ClN4O. The molecule has 2 aliphatic rings. The summed E-state index contributed by atoms with van der Waals surface area (Å²) < 4.78 is 5.78. The Balaban J connectivity index is 1.54. The zero-order valence-corrected chi connectivity index (χ0v) is 15.9. The summed E-state index contributed by atoms with van der Waals surface area (Å²) in [5.41, 5.74) is 2.04. The highest BCUT2D eigenvalue weighted by Crippen LogP contribution is 2.50. The Labute approximate surface area is 163 Å². The Bertz CT molecular complexity index is 927. The average Bonchev–Trinajstić information content (AvgIpc) is 3.26. The number of likely N-dealkylation sites (N-methyl/N-ethyl adjacent to an activating group) is 1. The van der Waals surface area contributed by atoms with Gasteiger partial charge in [0.2, 0.25) is 11.7 Å². The molecule has 0 N–H and O–H groups in total. The number of rotatable bonds is 3. The van der Waals surface area contributed by atoms with Crippen LogP contribution < -0.4 is 0 Å². The Kier molecular flexibility index (Phi) is 4.21. The Hall–Kier alpha value is -2.24. The fourth-order valence-electron chi connectivity index (χ4n) is 4.83. The molecule has 2 fully saturated rings. The predicted octanol–water partition coefficient (Wildman–Crippen LogP) is 4.52. The molecule has 5 nitrogen and oxygen atoms in total. The van der Waals surface area contributed by atoms with E-state index in [1.165, 1.54) is 12.0 Å². The molecule has 3 aromatic rings. The predicted molar refractivity (Wildman–Crippen MR) is 104 cm³/mol. The van der Waals surface area contributed by atoms with Crippen molar-refractivity contribution in [1.29, 1.82) is 0 Å². The first-order chi connectivity index (χ1) is 13.2. The number of hydrogen-bond donors (Lipinski definition) is 0. The van der Waals surface area contributed by atoms with Gasteiger partial charge in [-0.15, -0.1) is 0 Å². The molecule has 0 spiro atoms. The van der Waals surface area contributed by atoms with Gasteiger partial charge in [0.1, 0.15) is 5.69 Å². The number of benzene rings is 1. The van der Waals surface area contributed by atoms with E-state index in [4.69, 9.17) is 21.1 Å². The van der Waals surface area contributed by atoms with Crippen LogP contribution in [0, 0.1) is 0 Å². The average molecular weight is 381 g/mol. The van der Waals surface area contributed by atoms with Crippen LogP contribution in [-0.2, 0) is 0 Å². The topological polar surface area (TPSA) is 55.1 Å². The van der Waals surface area contributed by atoms with Gasteiger partial charge in [0.15, 0.2) is 0 Å². The van der Waals surface area contributed by atoms with E-state index in [0.29, 0.717) is 29.7 Å². The number of piperidine rings is 1. The van der Waals surface area contributed by atoms with E-state index in [-0.39, 0.29) is 5.92 Å². The van der Waals surface area contributed by atoms with Gasteiger partial charge in [0, 0.05) is 23.3 Å². The van der Waals surface area contributed by atoms with Crippen LogP contribution in [0.1, 0.15) is 42.6 Å². The van der Waals surface area contributed by atoms with E-state index in [9.17, 15) is 0 Å². The highest BCUT2D eigenvalue weighted by atomic mass is 35.5. The molecule has 1 aromatic carbocycles. The molecule has 0 unspecified atom stereocenters. The SMILES string of the molecule is CN1[C@@H]2CC[C@H]1[C@@H](c1nc(-c3ccccn3)no1)[C@H](c1ccc(Cl)cc1)C2. The Morgan fingerprint density at radius 2 is 1.96 bits per heavy atom. The van der Waals surface area contributed by atoms with Gasteiger partial charge >= 0.3 is 0 Å². The van der Waals surface area contributed by atoms with E-state index in [1.54, 1.807) is 6.20 Å². The summed E-state index contributed by atoms with van der Waals surface area (Å²) >= 11 is 6.11. The van der Waals surface area contributed by atoms with Crippen LogP contribution in [0.15, 0.2) is 53.2 Å². The third-order valence-corrected chi connectivity index (χ3v) is 6.44. The molecule has 2 aliphatic heterocycles. The Morgan fingerprint density at radius 3 is 2.74 bits per heavy atom. The lowest BCUT2D eigenvalue weighted by Gasteiger charge is -2.41. The van der Waals surface area contributed by atoms with Crippen LogP contribution in [0.2, 0.25) is 5.02 Å². The van der Waals surface area contributed by atoms with Crippen molar-refractivity contribution in [3.8, 4) is 11.5 Å². The third-order valence-electron chi connectivity index (χ3n) is 6.19. The van der Waals surface area contributed by atoms with E-state index in [0.717, 1.165) is 23.6 Å². The maximum Gasteiger partial charge on any atom is 0.232 e. The number of nitrogens with zero attached hydrogens (tertiary/aromatic N) is 4. The lowest BCUT2D eigenvalue weighted by Crippen LogP contribution is -2.44. The van der Waals surface area contributed by atoms with Crippen molar-refractivity contribution in [2.75, 3.05) is 7.05 Å². The number of aromatic nitrogens is 3. The molecule has 0 saturated carbocycles. The van der Waals surface area contributed by atoms with Crippen molar-refractivity contribution in [2.45, 2.75) is 43.2 Å². The number of hydrogen-bond acceptors (Lipinski definition) is 5. The molecule has 2 aromatic heterocycles. The first-order valence-electron chi connectivity index (χ1n) is 9.43. The van der Waals surface area contributed by atoms with E-state index < -0.39 is 0 Å². The maximum absolute atomic E-state index is 6.11. The summed E-state index contributed by atoms with van der Waals surface area (Å²) in [7, 11) is 2.23. The minimum atomic E-state index is 0.180. The normalized spacial score (nSPS) is 27.8. The number of pyridine rings is 1. The summed E-state index contributed by atoms with van der Waals surface area (Å²) in [5.74, 6) is 1.81. The highest BCUT2D eigenvalue weighted by molar-refractivity contribution is 6.30. The molecule has 27 heavy (non-hydrogen) atoms. The van der Waals surface area contributed by atoms with Crippen molar-refractivity contribution in [2.24, 2.45) is 0 Å². The summed E-state index contributed by atoms with van der Waals surface area (Å²) in [4.78, 5) is 11.6. The minimum Gasteiger partial charge on any atom is -0.339 e. The summed E-state index contributed by atoms with van der Waals surface area (Å²) in [6, 6.07) is 15.0. The van der Waals surface area contributed by atoms with Crippen molar-refractivity contribution in [3.63, 3.8) is 0 Å². The van der Waals surface area contributed by atoms with E-state index >= 15 is 0 Å². The second-order valence-electron chi connectivity index (χ2n) is 7.55. The lowest BCUT2D eigenvalue weighted by atomic mass is 9.76. The molecule has 2 saturated heterocycles. The van der Waals surface area contributed by atoms with Crippen LogP contribution in [-0.4, -0.2) is 39.2 Å². The largest absolute Gasteiger partial charge is 0.339 e. The standard InChI is InChI=1S/C21H21ClN4O/c1-26-15-9-10-18(26)19(16(12-15)13-5-7-14(22)8-6-13)21-24-20(25-27-21)17-4-2-3-11-23-17/h2-8,11,15-16,18-19H,9-10,12H2,1H3/t15-,16+,18+,19+/m1/s1. The summed E-state index contributed by atoms with van der Waals surface area (Å²) in [5, 5.41) is 4.99. The minimum absolute atomic E-state index is 0.180. The zero-order chi connectivity index (χ0) is 18.4. The quantitative estimate of drug-likeness (QED) is 0.668. The second-order valence-corrected chi connectivity index (χ2v) is 7.99. The molecule has 5 rings (SSSR count). The molecule has 0 amide bonds. The van der Waals surface area contributed by atoms with Gasteiger partial charge in [0.05, 0.1) is 5.92 Å². The zero-order valence-electron chi connectivity index (χ0n) is 15.1. The van der Waals surface area contributed by atoms with Crippen molar-refractivity contribution >= 4 is 11.6 Å². The van der Waals surface area contributed by atoms with Crippen LogP contribution in [0.4, 0.5) is 0 Å². The van der Waals surface area contributed by atoms with E-state index in [2.05, 4.69) is 34.2 Å². The molecule has 0 aliphatic carbocycles. The molecular weight excluding hydrogens is 360 g/mol. The highest BCUT2D eigenvalue weighted by Gasteiger charge is 2.48. The second kappa shape index (κ2) is 6.73. The molecule has 4 atom stereocenters. The summed E-state index contributed by atoms with van der Waals surface area (Å²) in [6.07, 6.45) is 5.23. The molecule has 0 radical (unpaired) electrons. The molecule has 4 heterocycles. The van der Waals surface area contributed by atoms with Gasteiger partial charge in [-0.1, -0.05) is 35.0 Å². The van der Waals surface area contributed by atoms with Gasteiger partial charge in [-0.3, -0.25) is 9.88 Å². The van der Waals surface area contributed by atoms with Crippen molar-refractivity contribution in [3.05, 3.63) is 65.1 Å². The van der Waals surface area contributed by atoms with Crippen molar-refractivity contribution in [1.82, 2.24) is 20.0 Å². The van der Waals surface area contributed by atoms with Gasteiger partial charge in [-0.05, 0) is 62.1 Å². The fourth-order valence-corrected chi connectivity index (χ4v) is 4.95.